The summed E-state index contributed by atoms with van der Waals surface area (Å²) in [4.78, 5) is 0. The molecule has 3 rings (SSSR count). The lowest BCUT2D eigenvalue weighted by molar-refractivity contribution is 0.545. The van der Waals surface area contributed by atoms with Crippen LogP contribution in [-0.2, 0) is 0 Å². The van der Waals surface area contributed by atoms with Crippen molar-refractivity contribution in [3.05, 3.63) is 34.9 Å². The molecule has 80 valence electrons. The third-order valence-corrected chi connectivity index (χ3v) is 4.10. The molecule has 1 aromatic rings. The molecular weight excluding hydrogens is 182 g/mol. The topological polar surface area (TPSA) is 26.0 Å². The summed E-state index contributed by atoms with van der Waals surface area (Å²) in [5, 5.41) is 0. The highest BCUT2D eigenvalue weighted by atomic mass is 14.6. The summed E-state index contributed by atoms with van der Waals surface area (Å²) in [5.74, 6) is 2.43. The van der Waals surface area contributed by atoms with Gasteiger partial charge in [0.15, 0.2) is 0 Å². The Morgan fingerprint density at radius 2 is 2.07 bits per heavy atom. The molecule has 0 radical (unpaired) electrons. The van der Waals surface area contributed by atoms with Crippen LogP contribution in [0.3, 0.4) is 0 Å². The molecule has 2 aliphatic rings. The minimum atomic E-state index is 0.631. The van der Waals surface area contributed by atoms with E-state index >= 15 is 0 Å². The molecule has 0 aliphatic heterocycles. The van der Waals surface area contributed by atoms with Gasteiger partial charge in [-0.15, -0.1) is 0 Å². The van der Waals surface area contributed by atoms with Crippen molar-refractivity contribution < 1.29 is 0 Å². The molecule has 1 heteroatoms. The van der Waals surface area contributed by atoms with Crippen molar-refractivity contribution >= 4 is 0 Å². The quantitative estimate of drug-likeness (QED) is 0.782. The molecule has 0 aromatic heterocycles. The third-order valence-electron chi connectivity index (χ3n) is 4.10. The van der Waals surface area contributed by atoms with Crippen LogP contribution < -0.4 is 5.73 Å². The van der Waals surface area contributed by atoms with Crippen molar-refractivity contribution in [2.75, 3.05) is 6.54 Å². The molecule has 1 nitrogen and oxygen atoms in total. The van der Waals surface area contributed by atoms with Crippen LogP contribution in [0.4, 0.5) is 0 Å². The Kier molecular flexibility index (Phi) is 2.10. The van der Waals surface area contributed by atoms with E-state index in [-0.39, 0.29) is 0 Å². The standard InChI is InChI=1S/C14H19N/c1-9-2-5-12-11(8-15)7-13(10-3-4-10)14(12)6-9/h2,5-6,10-11,13H,3-4,7-8,15H2,1H3. The highest BCUT2D eigenvalue weighted by molar-refractivity contribution is 5.42. The maximum Gasteiger partial charge on any atom is -0.000791 e. The molecule has 1 fully saturated rings. The van der Waals surface area contributed by atoms with Crippen molar-refractivity contribution in [2.24, 2.45) is 11.7 Å². The van der Waals surface area contributed by atoms with Crippen molar-refractivity contribution in [3.63, 3.8) is 0 Å². The van der Waals surface area contributed by atoms with E-state index in [2.05, 4.69) is 25.1 Å². The SMILES string of the molecule is Cc1ccc2c(c1)C(C1CC1)CC2CN. The van der Waals surface area contributed by atoms with Gasteiger partial charge in [0.1, 0.15) is 0 Å². The Bertz CT molecular complexity index is 379. The van der Waals surface area contributed by atoms with Crippen LogP contribution in [0.25, 0.3) is 0 Å². The summed E-state index contributed by atoms with van der Waals surface area (Å²) in [6, 6.07) is 6.94. The van der Waals surface area contributed by atoms with Crippen LogP contribution in [0, 0.1) is 12.8 Å². The van der Waals surface area contributed by atoms with Crippen LogP contribution in [-0.4, -0.2) is 6.54 Å². The van der Waals surface area contributed by atoms with Gasteiger partial charge in [-0.2, -0.15) is 0 Å². The molecule has 1 saturated carbocycles. The van der Waals surface area contributed by atoms with E-state index in [1.165, 1.54) is 24.8 Å². The second kappa shape index (κ2) is 3.34. The number of fused-ring (bicyclic) bond motifs is 1. The van der Waals surface area contributed by atoms with E-state index in [1.807, 2.05) is 0 Å². The molecule has 15 heavy (non-hydrogen) atoms. The first-order valence-electron chi connectivity index (χ1n) is 6.10. The molecular formula is C14H19N. The molecule has 0 saturated heterocycles. The van der Waals surface area contributed by atoms with Gasteiger partial charge in [-0.25, -0.2) is 0 Å². The van der Waals surface area contributed by atoms with E-state index < -0.39 is 0 Å². The summed E-state index contributed by atoms with van der Waals surface area (Å²) in [6.45, 7) is 3.01. The summed E-state index contributed by atoms with van der Waals surface area (Å²) >= 11 is 0. The van der Waals surface area contributed by atoms with Crippen molar-refractivity contribution in [1.82, 2.24) is 0 Å². The second-order valence-corrected chi connectivity index (χ2v) is 5.24. The predicted octanol–water partition coefficient (Wildman–Crippen LogP) is 2.93. The first-order chi connectivity index (χ1) is 7.29. The number of aryl methyl sites for hydroxylation is 1. The average Bonchev–Trinajstić information content (AvgIpc) is 3.00. The Labute approximate surface area is 91.7 Å². The van der Waals surface area contributed by atoms with Gasteiger partial charge >= 0.3 is 0 Å². The Morgan fingerprint density at radius 1 is 1.27 bits per heavy atom. The number of hydrogen-bond acceptors (Lipinski definition) is 1. The molecule has 0 bridgehead atoms. The van der Waals surface area contributed by atoms with Gasteiger partial charge in [0, 0.05) is 0 Å². The molecule has 0 spiro atoms. The minimum Gasteiger partial charge on any atom is -0.330 e. The van der Waals surface area contributed by atoms with Gasteiger partial charge in [-0.1, -0.05) is 23.8 Å². The van der Waals surface area contributed by atoms with Crippen molar-refractivity contribution in [1.29, 1.82) is 0 Å². The molecule has 2 N–H and O–H groups in total. The van der Waals surface area contributed by atoms with Gasteiger partial charge < -0.3 is 5.73 Å². The first-order valence-corrected chi connectivity index (χ1v) is 6.10. The van der Waals surface area contributed by atoms with Crippen LogP contribution in [0.2, 0.25) is 0 Å². The lowest BCUT2D eigenvalue weighted by atomic mass is 9.95. The molecule has 1 aromatic carbocycles. The van der Waals surface area contributed by atoms with Crippen LogP contribution in [0.15, 0.2) is 18.2 Å². The smallest absolute Gasteiger partial charge is 0.000791 e. The Hall–Kier alpha value is -0.820. The lowest BCUT2D eigenvalue weighted by Crippen LogP contribution is -2.09. The highest BCUT2D eigenvalue weighted by Gasteiger charge is 2.39. The fourth-order valence-corrected chi connectivity index (χ4v) is 3.12. The molecule has 0 amide bonds. The minimum absolute atomic E-state index is 0.631. The van der Waals surface area contributed by atoms with E-state index in [1.54, 1.807) is 11.1 Å². The fraction of sp³-hybridized carbons (Fsp3) is 0.571. The van der Waals surface area contributed by atoms with Crippen LogP contribution >= 0.6 is 0 Å². The van der Waals surface area contributed by atoms with Crippen LogP contribution in [0.1, 0.15) is 47.8 Å². The maximum atomic E-state index is 5.87. The fourth-order valence-electron chi connectivity index (χ4n) is 3.12. The lowest BCUT2D eigenvalue weighted by Gasteiger charge is -2.09. The van der Waals surface area contributed by atoms with Gasteiger partial charge in [0.05, 0.1) is 0 Å². The largest absolute Gasteiger partial charge is 0.330 e. The van der Waals surface area contributed by atoms with E-state index in [9.17, 15) is 0 Å². The summed E-state index contributed by atoms with van der Waals surface area (Å²) < 4.78 is 0. The van der Waals surface area contributed by atoms with Gasteiger partial charge in [0.25, 0.3) is 0 Å². The Balaban J connectivity index is 2.02. The van der Waals surface area contributed by atoms with Crippen molar-refractivity contribution in [3.8, 4) is 0 Å². The average molecular weight is 201 g/mol. The zero-order valence-corrected chi connectivity index (χ0v) is 9.37. The highest BCUT2D eigenvalue weighted by Crippen LogP contribution is 2.53. The maximum absolute atomic E-state index is 5.87. The molecule has 2 unspecified atom stereocenters. The normalized spacial score (nSPS) is 29.2. The zero-order chi connectivity index (χ0) is 10.4. The van der Waals surface area contributed by atoms with E-state index in [0.29, 0.717) is 5.92 Å². The summed E-state index contributed by atoms with van der Waals surface area (Å²) in [7, 11) is 0. The van der Waals surface area contributed by atoms with E-state index in [4.69, 9.17) is 5.73 Å². The number of rotatable bonds is 2. The number of benzene rings is 1. The van der Waals surface area contributed by atoms with Crippen molar-refractivity contribution in [2.45, 2.75) is 38.0 Å². The first kappa shape index (κ1) is 9.41. The van der Waals surface area contributed by atoms with E-state index in [0.717, 1.165) is 18.4 Å². The summed E-state index contributed by atoms with van der Waals surface area (Å²) in [6.07, 6.45) is 4.19. The number of hydrogen-bond donors (Lipinski definition) is 1. The molecule has 2 aliphatic carbocycles. The van der Waals surface area contributed by atoms with Gasteiger partial charge in [-0.3, -0.25) is 0 Å². The molecule has 0 heterocycles. The molecule has 2 atom stereocenters. The monoisotopic (exact) mass is 201 g/mol. The number of nitrogens with two attached hydrogens (primary N) is 1. The van der Waals surface area contributed by atoms with Gasteiger partial charge in [0.2, 0.25) is 0 Å². The van der Waals surface area contributed by atoms with Gasteiger partial charge in [-0.05, 0) is 61.6 Å². The zero-order valence-electron chi connectivity index (χ0n) is 9.37. The predicted molar refractivity (Wildman–Crippen MR) is 63.1 cm³/mol. The van der Waals surface area contributed by atoms with Crippen LogP contribution in [0.5, 0.6) is 0 Å². The summed E-state index contributed by atoms with van der Waals surface area (Å²) in [5.41, 5.74) is 10.4. The second-order valence-electron chi connectivity index (χ2n) is 5.24. The third kappa shape index (κ3) is 1.50. The Morgan fingerprint density at radius 3 is 2.73 bits per heavy atom.